The molecule has 1 heterocycles. The second-order valence-electron chi connectivity index (χ2n) is 8.53. The van der Waals surface area contributed by atoms with Crippen molar-refractivity contribution in [3.63, 3.8) is 0 Å². The number of aliphatic hydroxyl groups excluding tert-OH is 1. The van der Waals surface area contributed by atoms with Crippen molar-refractivity contribution in [1.29, 1.82) is 0 Å². The van der Waals surface area contributed by atoms with E-state index >= 15 is 0 Å². The molecule has 0 radical (unpaired) electrons. The van der Waals surface area contributed by atoms with Gasteiger partial charge in [-0.1, -0.05) is 12.1 Å². The number of carbonyl (C=O) groups excluding carboxylic acids is 1. The lowest BCUT2D eigenvalue weighted by molar-refractivity contribution is -0.105. The summed E-state index contributed by atoms with van der Waals surface area (Å²) in [6.07, 6.45) is -1.68. The highest BCUT2D eigenvalue weighted by Crippen LogP contribution is 2.32. The van der Waals surface area contributed by atoms with Crippen molar-refractivity contribution in [2.24, 2.45) is 0 Å². The SMILES string of the molecule is COc1ccc2cc(-c3ccc(NC(O)OC(C)C)cc3)n(C(=O)OC(C)(C)C)c2c1. The van der Waals surface area contributed by atoms with Crippen molar-refractivity contribution < 1.29 is 24.1 Å². The molecular weight excluding hydrogens is 396 g/mol. The lowest BCUT2D eigenvalue weighted by Crippen LogP contribution is -2.27. The van der Waals surface area contributed by atoms with Crippen molar-refractivity contribution in [2.75, 3.05) is 12.4 Å². The van der Waals surface area contributed by atoms with Gasteiger partial charge in [-0.2, -0.15) is 0 Å². The molecule has 0 bridgehead atoms. The number of hydrogen-bond donors (Lipinski definition) is 2. The van der Waals surface area contributed by atoms with Crippen molar-refractivity contribution in [3.05, 3.63) is 48.5 Å². The lowest BCUT2D eigenvalue weighted by Gasteiger charge is -2.21. The quantitative estimate of drug-likeness (QED) is 0.527. The Labute approximate surface area is 182 Å². The topological polar surface area (TPSA) is 82.0 Å². The van der Waals surface area contributed by atoms with Gasteiger partial charge in [-0.15, -0.1) is 0 Å². The number of ether oxygens (including phenoxy) is 3. The number of aliphatic hydroxyl groups is 1. The van der Waals surface area contributed by atoms with E-state index in [1.54, 1.807) is 11.7 Å². The second-order valence-corrected chi connectivity index (χ2v) is 8.53. The van der Waals surface area contributed by atoms with Gasteiger partial charge < -0.3 is 24.6 Å². The molecule has 2 N–H and O–H groups in total. The van der Waals surface area contributed by atoms with E-state index in [2.05, 4.69) is 5.32 Å². The Bertz CT molecular complexity index is 1050. The van der Waals surface area contributed by atoms with Crippen molar-refractivity contribution in [3.8, 4) is 17.0 Å². The predicted octanol–water partition coefficient (Wildman–Crippen LogP) is 5.21. The number of nitrogens with zero attached hydrogens (tertiary/aromatic N) is 1. The van der Waals surface area contributed by atoms with Crippen LogP contribution in [0.1, 0.15) is 34.6 Å². The van der Waals surface area contributed by atoms with Crippen molar-refractivity contribution in [2.45, 2.75) is 52.7 Å². The van der Waals surface area contributed by atoms with Gasteiger partial charge in [0, 0.05) is 17.1 Å². The summed E-state index contributed by atoms with van der Waals surface area (Å²) in [6.45, 7) is 9.20. The molecule has 0 fully saturated rings. The summed E-state index contributed by atoms with van der Waals surface area (Å²) in [4.78, 5) is 13.1. The number of nitrogens with one attached hydrogen (secondary N) is 1. The fraction of sp³-hybridized carbons (Fsp3) is 0.375. The standard InChI is InChI=1S/C24H30N2O5/c1-15(2)30-22(27)25-18-10-7-16(8-11-18)20-13-17-9-12-19(29-6)14-21(17)26(20)23(28)31-24(3,4)5/h7-15,22,25,27H,1-6H3. The number of anilines is 1. The summed E-state index contributed by atoms with van der Waals surface area (Å²) in [5, 5.41) is 13.7. The molecule has 0 spiro atoms. The Balaban J connectivity index is 2.01. The highest BCUT2D eigenvalue weighted by Gasteiger charge is 2.23. The highest BCUT2D eigenvalue weighted by atomic mass is 16.6. The third-order valence-electron chi connectivity index (χ3n) is 4.46. The van der Waals surface area contributed by atoms with Crippen LogP contribution in [0.2, 0.25) is 0 Å². The van der Waals surface area contributed by atoms with Crippen LogP contribution in [0.15, 0.2) is 48.5 Å². The largest absolute Gasteiger partial charge is 0.497 e. The number of fused-ring (bicyclic) bond motifs is 1. The molecule has 0 saturated heterocycles. The molecule has 2 aromatic carbocycles. The van der Waals surface area contributed by atoms with Crippen LogP contribution < -0.4 is 10.1 Å². The van der Waals surface area contributed by atoms with Crippen LogP contribution in [0.3, 0.4) is 0 Å². The first-order valence-electron chi connectivity index (χ1n) is 10.2. The Kier molecular flexibility index (Phi) is 6.57. The Morgan fingerprint density at radius 3 is 2.32 bits per heavy atom. The van der Waals surface area contributed by atoms with Crippen LogP contribution >= 0.6 is 0 Å². The molecule has 0 aliphatic carbocycles. The summed E-state index contributed by atoms with van der Waals surface area (Å²) in [5.74, 6) is 0.653. The smallest absolute Gasteiger partial charge is 0.419 e. The van der Waals surface area contributed by atoms with Crippen molar-refractivity contribution in [1.82, 2.24) is 4.57 Å². The third-order valence-corrected chi connectivity index (χ3v) is 4.46. The maximum absolute atomic E-state index is 13.1. The Hall–Kier alpha value is -3.03. The van der Waals surface area contributed by atoms with Gasteiger partial charge in [0.2, 0.25) is 6.41 Å². The van der Waals surface area contributed by atoms with Gasteiger partial charge in [0.05, 0.1) is 24.4 Å². The average molecular weight is 427 g/mol. The molecule has 0 saturated carbocycles. The van der Waals surface area contributed by atoms with Gasteiger partial charge in [-0.25, -0.2) is 9.36 Å². The van der Waals surface area contributed by atoms with Gasteiger partial charge in [0.25, 0.3) is 0 Å². The van der Waals surface area contributed by atoms with E-state index in [1.165, 1.54) is 0 Å². The molecule has 0 aliphatic heterocycles. The van der Waals surface area contributed by atoms with E-state index in [-0.39, 0.29) is 6.10 Å². The van der Waals surface area contributed by atoms with Crippen LogP contribution in [0.25, 0.3) is 22.2 Å². The van der Waals surface area contributed by atoms with Gasteiger partial charge in [0.1, 0.15) is 11.4 Å². The first kappa shape index (κ1) is 22.7. The lowest BCUT2D eigenvalue weighted by atomic mass is 10.1. The van der Waals surface area contributed by atoms with Gasteiger partial charge in [-0.05, 0) is 70.5 Å². The second kappa shape index (κ2) is 8.99. The number of benzene rings is 2. The summed E-state index contributed by atoms with van der Waals surface area (Å²) in [6, 6.07) is 14.9. The molecule has 3 aromatic rings. The van der Waals surface area contributed by atoms with E-state index in [0.29, 0.717) is 22.6 Å². The zero-order valence-corrected chi connectivity index (χ0v) is 18.8. The third kappa shape index (κ3) is 5.57. The highest BCUT2D eigenvalue weighted by molar-refractivity contribution is 5.97. The monoisotopic (exact) mass is 426 g/mol. The van der Waals surface area contributed by atoms with E-state index in [4.69, 9.17) is 14.2 Å². The first-order chi connectivity index (χ1) is 14.6. The average Bonchev–Trinajstić information content (AvgIpc) is 3.05. The molecule has 3 rings (SSSR count). The van der Waals surface area contributed by atoms with Gasteiger partial charge in [0.15, 0.2) is 0 Å². The van der Waals surface area contributed by atoms with E-state index in [0.717, 1.165) is 10.9 Å². The molecule has 1 unspecified atom stereocenters. The molecule has 1 atom stereocenters. The van der Waals surface area contributed by atoms with Gasteiger partial charge >= 0.3 is 6.09 Å². The number of hydrogen-bond acceptors (Lipinski definition) is 6. The molecule has 1 aromatic heterocycles. The Morgan fingerprint density at radius 1 is 1.06 bits per heavy atom. The molecule has 7 nitrogen and oxygen atoms in total. The van der Waals surface area contributed by atoms with Crippen LogP contribution in [0, 0.1) is 0 Å². The molecule has 166 valence electrons. The molecular formula is C24H30N2O5. The van der Waals surface area contributed by atoms with Crippen LogP contribution in [-0.2, 0) is 9.47 Å². The minimum Gasteiger partial charge on any atom is -0.497 e. The summed E-state index contributed by atoms with van der Waals surface area (Å²) in [7, 11) is 1.59. The molecule has 7 heteroatoms. The van der Waals surface area contributed by atoms with Gasteiger partial charge in [-0.3, -0.25) is 0 Å². The fourth-order valence-corrected chi connectivity index (χ4v) is 3.20. The van der Waals surface area contributed by atoms with E-state index in [1.807, 2.05) is 83.1 Å². The van der Waals surface area contributed by atoms with Crippen molar-refractivity contribution >= 4 is 22.7 Å². The van der Waals surface area contributed by atoms with E-state index in [9.17, 15) is 9.90 Å². The first-order valence-corrected chi connectivity index (χ1v) is 10.2. The van der Waals surface area contributed by atoms with E-state index < -0.39 is 18.1 Å². The van der Waals surface area contributed by atoms with Crippen LogP contribution in [0.4, 0.5) is 10.5 Å². The Morgan fingerprint density at radius 2 is 1.74 bits per heavy atom. The summed E-state index contributed by atoms with van der Waals surface area (Å²) >= 11 is 0. The summed E-state index contributed by atoms with van der Waals surface area (Å²) < 4.78 is 17.9. The number of carbonyl (C=O) groups is 1. The number of aromatic nitrogens is 1. The number of rotatable bonds is 6. The van der Waals surface area contributed by atoms with Crippen LogP contribution in [-0.4, -0.2) is 41.0 Å². The maximum atomic E-state index is 13.1. The van der Waals surface area contributed by atoms with Crippen LogP contribution in [0.5, 0.6) is 5.75 Å². The minimum absolute atomic E-state index is 0.108. The molecule has 0 aliphatic rings. The maximum Gasteiger partial charge on any atom is 0.419 e. The fourth-order valence-electron chi connectivity index (χ4n) is 3.20. The zero-order valence-electron chi connectivity index (χ0n) is 18.8. The zero-order chi connectivity index (χ0) is 22.8. The molecule has 31 heavy (non-hydrogen) atoms. The predicted molar refractivity (Wildman–Crippen MR) is 121 cm³/mol. The minimum atomic E-state index is -1.11. The normalized spacial score (nSPS) is 12.8. The summed E-state index contributed by atoms with van der Waals surface area (Å²) in [5.41, 5.74) is 2.28. The number of methoxy groups -OCH3 is 1. The molecule has 0 amide bonds.